The zero-order chi connectivity index (χ0) is 19.6. The number of rotatable bonds is 4. The van der Waals surface area contributed by atoms with E-state index in [4.69, 9.17) is 9.47 Å². The highest BCUT2D eigenvalue weighted by Crippen LogP contribution is 2.22. The first-order chi connectivity index (χ1) is 12.7. The zero-order valence-electron chi connectivity index (χ0n) is 15.8. The van der Waals surface area contributed by atoms with Crippen LogP contribution in [0.2, 0.25) is 0 Å². The highest BCUT2D eigenvalue weighted by molar-refractivity contribution is 5.91. The van der Waals surface area contributed by atoms with Crippen LogP contribution >= 0.6 is 0 Å². The second kappa shape index (κ2) is 7.67. The van der Waals surface area contributed by atoms with Crippen LogP contribution in [0.5, 0.6) is 5.75 Å². The minimum atomic E-state index is -0.847. The normalized spacial score (nSPS) is 18.1. The minimum absolute atomic E-state index is 0.00394. The van der Waals surface area contributed by atoms with E-state index >= 15 is 0 Å². The summed E-state index contributed by atoms with van der Waals surface area (Å²) >= 11 is 0. The first kappa shape index (κ1) is 19.3. The van der Waals surface area contributed by atoms with Gasteiger partial charge in [-0.05, 0) is 45.7 Å². The van der Waals surface area contributed by atoms with Gasteiger partial charge in [0.05, 0.1) is 13.1 Å². The Hall–Kier alpha value is -2.42. The molecule has 1 N–H and O–H groups in total. The van der Waals surface area contributed by atoms with Gasteiger partial charge in [0.25, 0.3) is 11.9 Å². The van der Waals surface area contributed by atoms with E-state index in [9.17, 15) is 14.0 Å². The van der Waals surface area contributed by atoms with Gasteiger partial charge in [-0.2, -0.15) is 4.39 Å². The maximum Gasteiger partial charge on any atom is 0.410 e. The Kier molecular flexibility index (Phi) is 5.50. The van der Waals surface area contributed by atoms with Crippen LogP contribution in [0.4, 0.5) is 9.18 Å². The SMILES string of the molecule is CC(C)(C)OC(=O)N1CC(Oc2ccc(C(=O)NN3CCCC3)nc2F)C1. The monoisotopic (exact) mass is 380 g/mol. The quantitative estimate of drug-likeness (QED) is 0.804. The summed E-state index contributed by atoms with van der Waals surface area (Å²) in [7, 11) is 0. The molecule has 2 fully saturated rings. The van der Waals surface area contributed by atoms with Crippen LogP contribution < -0.4 is 10.2 Å². The average Bonchev–Trinajstić information content (AvgIpc) is 3.02. The van der Waals surface area contributed by atoms with Crippen molar-refractivity contribution in [1.29, 1.82) is 0 Å². The maximum atomic E-state index is 14.2. The number of carbonyl (C=O) groups is 2. The van der Waals surface area contributed by atoms with Gasteiger partial charge in [0.15, 0.2) is 5.75 Å². The van der Waals surface area contributed by atoms with Crippen LogP contribution in [0, 0.1) is 5.95 Å². The number of ether oxygens (including phenoxy) is 2. The van der Waals surface area contributed by atoms with Crippen LogP contribution in [0.25, 0.3) is 0 Å². The summed E-state index contributed by atoms with van der Waals surface area (Å²) in [6.07, 6.45) is 1.29. The van der Waals surface area contributed by atoms with E-state index in [1.165, 1.54) is 17.0 Å². The maximum absolute atomic E-state index is 14.2. The summed E-state index contributed by atoms with van der Waals surface area (Å²) in [4.78, 5) is 29.2. The Balaban J connectivity index is 1.50. The van der Waals surface area contributed by atoms with E-state index in [0.717, 1.165) is 25.9 Å². The van der Waals surface area contributed by atoms with Crippen molar-refractivity contribution in [1.82, 2.24) is 20.3 Å². The van der Waals surface area contributed by atoms with Gasteiger partial charge in [-0.15, -0.1) is 0 Å². The number of hydrogen-bond acceptors (Lipinski definition) is 6. The predicted octanol–water partition coefficient (Wildman–Crippen LogP) is 1.96. The number of hydrogen-bond donors (Lipinski definition) is 1. The molecule has 2 saturated heterocycles. The molecule has 148 valence electrons. The lowest BCUT2D eigenvalue weighted by molar-refractivity contribution is -0.0231. The second-order valence-corrected chi connectivity index (χ2v) is 7.75. The fourth-order valence-corrected chi connectivity index (χ4v) is 2.83. The number of aromatic nitrogens is 1. The molecule has 0 radical (unpaired) electrons. The van der Waals surface area contributed by atoms with Crippen molar-refractivity contribution in [3.63, 3.8) is 0 Å². The van der Waals surface area contributed by atoms with Gasteiger partial charge in [-0.3, -0.25) is 10.2 Å². The molecule has 1 aromatic rings. The number of halogens is 1. The lowest BCUT2D eigenvalue weighted by Crippen LogP contribution is -2.57. The standard InChI is InChI=1S/C18H25FN4O4/c1-18(2,3)27-17(25)22-10-12(11-22)26-14-7-6-13(20-15(14)19)16(24)21-23-8-4-5-9-23/h6-7,12H,4-5,8-11H2,1-3H3,(H,21,24). The summed E-state index contributed by atoms with van der Waals surface area (Å²) in [5.74, 6) is -1.33. The third-order valence-corrected chi connectivity index (χ3v) is 4.21. The Bertz CT molecular complexity index is 710. The molecule has 0 aromatic carbocycles. The van der Waals surface area contributed by atoms with E-state index in [0.29, 0.717) is 13.1 Å². The minimum Gasteiger partial charge on any atom is -0.482 e. The van der Waals surface area contributed by atoms with Crippen molar-refractivity contribution in [3.8, 4) is 5.75 Å². The molecule has 3 heterocycles. The Morgan fingerprint density at radius 1 is 1.22 bits per heavy atom. The van der Waals surface area contributed by atoms with Crippen molar-refractivity contribution in [2.24, 2.45) is 0 Å². The Labute approximate surface area is 157 Å². The summed E-state index contributed by atoms with van der Waals surface area (Å²) in [6.45, 7) is 7.57. The molecular formula is C18H25FN4O4. The molecule has 0 atom stereocenters. The largest absolute Gasteiger partial charge is 0.482 e. The summed E-state index contributed by atoms with van der Waals surface area (Å²) < 4.78 is 25.0. The molecule has 0 unspecified atom stereocenters. The average molecular weight is 380 g/mol. The lowest BCUT2D eigenvalue weighted by atomic mass is 10.1. The summed E-state index contributed by atoms with van der Waals surface area (Å²) in [5, 5.41) is 1.80. The van der Waals surface area contributed by atoms with Gasteiger partial charge in [0, 0.05) is 13.1 Å². The highest BCUT2D eigenvalue weighted by atomic mass is 19.1. The van der Waals surface area contributed by atoms with E-state index in [1.807, 2.05) is 0 Å². The van der Waals surface area contributed by atoms with Crippen molar-refractivity contribution >= 4 is 12.0 Å². The van der Waals surface area contributed by atoms with Crippen LogP contribution in [0.15, 0.2) is 12.1 Å². The smallest absolute Gasteiger partial charge is 0.410 e. The first-order valence-corrected chi connectivity index (χ1v) is 9.08. The van der Waals surface area contributed by atoms with Gasteiger partial charge in [-0.25, -0.2) is 14.8 Å². The molecule has 27 heavy (non-hydrogen) atoms. The van der Waals surface area contributed by atoms with Gasteiger partial charge in [0.2, 0.25) is 0 Å². The van der Waals surface area contributed by atoms with Crippen LogP contribution in [0.3, 0.4) is 0 Å². The Morgan fingerprint density at radius 2 is 1.89 bits per heavy atom. The summed E-state index contributed by atoms with van der Waals surface area (Å²) in [6, 6.07) is 2.81. The van der Waals surface area contributed by atoms with E-state index in [-0.39, 0.29) is 17.5 Å². The van der Waals surface area contributed by atoms with Crippen LogP contribution in [-0.2, 0) is 4.74 Å². The predicted molar refractivity (Wildman–Crippen MR) is 94.7 cm³/mol. The number of nitrogens with one attached hydrogen (secondary N) is 1. The molecular weight excluding hydrogens is 355 g/mol. The van der Waals surface area contributed by atoms with Crippen molar-refractivity contribution in [2.45, 2.75) is 45.3 Å². The van der Waals surface area contributed by atoms with Gasteiger partial charge in [-0.1, -0.05) is 0 Å². The molecule has 3 rings (SSSR count). The number of pyridine rings is 1. The highest BCUT2D eigenvalue weighted by Gasteiger charge is 2.35. The molecule has 1 aromatic heterocycles. The zero-order valence-corrected chi connectivity index (χ0v) is 15.8. The molecule has 0 saturated carbocycles. The van der Waals surface area contributed by atoms with E-state index in [2.05, 4.69) is 10.4 Å². The molecule has 9 heteroatoms. The molecule has 2 aliphatic rings. The van der Waals surface area contributed by atoms with Gasteiger partial charge in [0.1, 0.15) is 17.4 Å². The van der Waals surface area contributed by atoms with Crippen molar-refractivity contribution < 1.29 is 23.5 Å². The van der Waals surface area contributed by atoms with Gasteiger partial charge < -0.3 is 14.4 Å². The molecule has 2 aliphatic heterocycles. The molecule has 8 nitrogen and oxygen atoms in total. The summed E-state index contributed by atoms with van der Waals surface area (Å²) in [5.41, 5.74) is 2.14. The number of hydrazine groups is 1. The topological polar surface area (TPSA) is 84.0 Å². The Morgan fingerprint density at radius 3 is 2.48 bits per heavy atom. The number of carbonyl (C=O) groups excluding carboxylic acids is 2. The molecule has 0 aliphatic carbocycles. The molecule has 2 amide bonds. The van der Waals surface area contributed by atoms with Crippen molar-refractivity contribution in [2.75, 3.05) is 26.2 Å². The number of nitrogens with zero attached hydrogens (tertiary/aromatic N) is 3. The van der Waals surface area contributed by atoms with Crippen LogP contribution in [-0.4, -0.2) is 64.8 Å². The third kappa shape index (κ3) is 5.06. The van der Waals surface area contributed by atoms with Crippen LogP contribution in [0.1, 0.15) is 44.1 Å². The second-order valence-electron chi connectivity index (χ2n) is 7.75. The van der Waals surface area contributed by atoms with E-state index < -0.39 is 23.5 Å². The molecule has 0 spiro atoms. The lowest BCUT2D eigenvalue weighted by Gasteiger charge is -2.39. The van der Waals surface area contributed by atoms with Gasteiger partial charge >= 0.3 is 6.09 Å². The fourth-order valence-electron chi connectivity index (χ4n) is 2.83. The molecule has 0 bridgehead atoms. The third-order valence-electron chi connectivity index (χ3n) is 4.21. The van der Waals surface area contributed by atoms with Crippen molar-refractivity contribution in [3.05, 3.63) is 23.8 Å². The fraction of sp³-hybridized carbons (Fsp3) is 0.611. The van der Waals surface area contributed by atoms with E-state index in [1.54, 1.807) is 25.8 Å². The number of likely N-dealkylation sites (tertiary alicyclic amines) is 1. The first-order valence-electron chi connectivity index (χ1n) is 9.08. The number of amides is 2.